The number of nitrogens with zero attached hydrogens (tertiary/aromatic N) is 4. The summed E-state index contributed by atoms with van der Waals surface area (Å²) in [6.45, 7) is 3.97. The summed E-state index contributed by atoms with van der Waals surface area (Å²) in [5.74, 6) is 0. The van der Waals surface area contributed by atoms with E-state index in [1.54, 1.807) is 24.1 Å². The van der Waals surface area contributed by atoms with Crippen LogP contribution in [0.3, 0.4) is 0 Å². The van der Waals surface area contributed by atoms with Gasteiger partial charge in [-0.25, -0.2) is 13.6 Å². The minimum absolute atomic E-state index is 0.197. The molecule has 8 nitrogen and oxygen atoms in total. The predicted octanol–water partition coefficient (Wildman–Crippen LogP) is 2.88. The van der Waals surface area contributed by atoms with E-state index < -0.39 is 25.4 Å². The maximum absolute atomic E-state index is 12.5. The fraction of sp³-hybridized carbons (Fsp3) is 0.500. The molecule has 30 heavy (non-hydrogen) atoms. The van der Waals surface area contributed by atoms with E-state index in [-0.39, 0.29) is 18.6 Å². The van der Waals surface area contributed by atoms with Gasteiger partial charge in [-0.05, 0) is 31.5 Å². The van der Waals surface area contributed by atoms with E-state index in [1.807, 2.05) is 29.9 Å². The van der Waals surface area contributed by atoms with Crippen LogP contribution in [0.2, 0.25) is 0 Å². The van der Waals surface area contributed by atoms with E-state index in [0.717, 1.165) is 11.1 Å². The highest BCUT2D eigenvalue weighted by Crippen LogP contribution is 2.40. The van der Waals surface area contributed by atoms with E-state index in [9.17, 15) is 18.7 Å². The number of aliphatic hydroxyl groups is 1. The minimum atomic E-state index is -2.74. The number of carbonyl (C=O) groups excluding carboxylic acids is 1. The molecule has 2 aliphatic rings. The molecule has 2 aromatic rings. The van der Waals surface area contributed by atoms with E-state index in [2.05, 4.69) is 5.10 Å². The van der Waals surface area contributed by atoms with Crippen molar-refractivity contribution < 1.29 is 28.2 Å². The zero-order valence-corrected chi connectivity index (χ0v) is 16.7. The Morgan fingerprint density at radius 3 is 2.73 bits per heavy atom. The van der Waals surface area contributed by atoms with Gasteiger partial charge in [-0.3, -0.25) is 9.58 Å². The summed E-state index contributed by atoms with van der Waals surface area (Å²) in [4.78, 5) is 15.7. The van der Waals surface area contributed by atoms with Gasteiger partial charge in [0, 0.05) is 24.3 Å². The van der Waals surface area contributed by atoms with Gasteiger partial charge < -0.3 is 19.5 Å². The molecule has 1 amide bonds. The van der Waals surface area contributed by atoms with Gasteiger partial charge in [-0.2, -0.15) is 5.10 Å². The molecule has 1 unspecified atom stereocenters. The summed E-state index contributed by atoms with van der Waals surface area (Å²) in [6, 6.07) is 5.46. The van der Waals surface area contributed by atoms with Crippen LogP contribution in [0.5, 0.6) is 0 Å². The molecule has 0 spiro atoms. The van der Waals surface area contributed by atoms with Gasteiger partial charge >= 0.3 is 6.09 Å². The molecule has 0 bridgehead atoms. The molecule has 1 aromatic carbocycles. The lowest BCUT2D eigenvalue weighted by Crippen LogP contribution is -2.53. The van der Waals surface area contributed by atoms with Gasteiger partial charge in [0.1, 0.15) is 6.23 Å². The molecule has 10 heteroatoms. The number of hydrogen-bond acceptors (Lipinski definition) is 6. The van der Waals surface area contributed by atoms with Crippen molar-refractivity contribution in [3.63, 3.8) is 0 Å². The molecule has 1 N–H and O–H groups in total. The van der Waals surface area contributed by atoms with Crippen LogP contribution in [0.4, 0.5) is 25.0 Å². The van der Waals surface area contributed by atoms with Crippen molar-refractivity contribution in [3.05, 3.63) is 30.6 Å². The van der Waals surface area contributed by atoms with Crippen molar-refractivity contribution >= 4 is 17.5 Å². The molecule has 0 saturated carbocycles. The zero-order chi connectivity index (χ0) is 21.4. The molecule has 1 fully saturated rings. The lowest BCUT2D eigenvalue weighted by molar-refractivity contribution is -0.0286. The van der Waals surface area contributed by atoms with Crippen LogP contribution in [-0.2, 0) is 9.47 Å². The van der Waals surface area contributed by atoms with Crippen LogP contribution in [0.25, 0.3) is 11.1 Å². The summed E-state index contributed by atoms with van der Waals surface area (Å²) >= 11 is 0. The second-order valence-corrected chi connectivity index (χ2v) is 7.57. The molecule has 1 saturated heterocycles. The van der Waals surface area contributed by atoms with Gasteiger partial charge in [-0.1, -0.05) is 6.07 Å². The number of benzene rings is 1. The summed E-state index contributed by atoms with van der Waals surface area (Å²) < 4.78 is 36.9. The standard InChI is InChI=1S/C20H24F2N4O4/c1-12-7-24(20(28)30-11-19(21)22)18-5-14(3-4-17(18)26(12)13(2)27)15-6-23-25(8-15)16-9-29-10-16/h3-6,8,12-13,16,19,27H,7,9-11H2,1-2H3/t12-,13?/m0/s1. The first kappa shape index (κ1) is 20.5. The number of carbonyl (C=O) groups is 1. The molecule has 4 rings (SSSR count). The van der Waals surface area contributed by atoms with Gasteiger partial charge in [0.2, 0.25) is 0 Å². The topological polar surface area (TPSA) is 80.1 Å². The predicted molar refractivity (Wildman–Crippen MR) is 106 cm³/mol. The third-order valence-corrected chi connectivity index (χ3v) is 5.35. The first-order chi connectivity index (χ1) is 14.3. The number of ether oxygens (including phenoxy) is 2. The Hall–Kier alpha value is -2.72. The maximum Gasteiger partial charge on any atom is 0.414 e. The summed E-state index contributed by atoms with van der Waals surface area (Å²) in [7, 11) is 0. The monoisotopic (exact) mass is 422 g/mol. The van der Waals surface area contributed by atoms with Crippen molar-refractivity contribution in [2.75, 3.05) is 36.2 Å². The Morgan fingerprint density at radius 2 is 2.10 bits per heavy atom. The number of hydrogen-bond donors (Lipinski definition) is 1. The Labute approximate surface area is 172 Å². The number of fused-ring (bicyclic) bond motifs is 1. The maximum atomic E-state index is 12.5. The Morgan fingerprint density at radius 1 is 1.33 bits per heavy atom. The number of amides is 1. The lowest BCUT2D eigenvalue weighted by Gasteiger charge is -2.43. The Kier molecular flexibility index (Phi) is 5.61. The van der Waals surface area contributed by atoms with E-state index >= 15 is 0 Å². The van der Waals surface area contributed by atoms with Crippen LogP contribution in [0.15, 0.2) is 30.6 Å². The smallest absolute Gasteiger partial charge is 0.414 e. The molecular formula is C20H24F2N4O4. The lowest BCUT2D eigenvalue weighted by atomic mass is 10.0. The number of aliphatic hydroxyl groups excluding tert-OH is 1. The quantitative estimate of drug-likeness (QED) is 0.798. The van der Waals surface area contributed by atoms with Gasteiger partial charge in [-0.15, -0.1) is 0 Å². The van der Waals surface area contributed by atoms with Crippen LogP contribution >= 0.6 is 0 Å². The number of aromatic nitrogens is 2. The van der Waals surface area contributed by atoms with Gasteiger partial charge in [0.15, 0.2) is 6.61 Å². The molecule has 2 aliphatic heterocycles. The highest BCUT2D eigenvalue weighted by molar-refractivity contribution is 5.95. The number of halogens is 2. The summed E-state index contributed by atoms with van der Waals surface area (Å²) in [6.07, 6.45) is -0.723. The van der Waals surface area contributed by atoms with Crippen molar-refractivity contribution in [2.45, 2.75) is 38.6 Å². The highest BCUT2D eigenvalue weighted by atomic mass is 19.3. The first-order valence-corrected chi connectivity index (χ1v) is 9.80. The third-order valence-electron chi connectivity index (χ3n) is 5.35. The highest BCUT2D eigenvalue weighted by Gasteiger charge is 2.35. The largest absolute Gasteiger partial charge is 0.443 e. The fourth-order valence-corrected chi connectivity index (χ4v) is 3.84. The van der Waals surface area contributed by atoms with Crippen LogP contribution < -0.4 is 9.80 Å². The van der Waals surface area contributed by atoms with Gasteiger partial charge in [0.25, 0.3) is 6.43 Å². The molecule has 0 aliphatic carbocycles. The molecular weight excluding hydrogens is 398 g/mol. The molecule has 162 valence electrons. The van der Waals surface area contributed by atoms with E-state index in [4.69, 9.17) is 9.47 Å². The number of rotatable bonds is 5. The molecule has 3 heterocycles. The second kappa shape index (κ2) is 8.19. The summed E-state index contributed by atoms with van der Waals surface area (Å²) in [5.41, 5.74) is 2.78. The summed E-state index contributed by atoms with van der Waals surface area (Å²) in [5, 5.41) is 14.6. The van der Waals surface area contributed by atoms with E-state index in [0.29, 0.717) is 24.6 Å². The SMILES string of the molecule is CC(O)N1c2ccc(-c3cnn(C4COC4)c3)cc2N(C(=O)OCC(F)F)C[C@@H]1C. The van der Waals surface area contributed by atoms with Crippen molar-refractivity contribution in [1.29, 1.82) is 0 Å². The van der Waals surface area contributed by atoms with Crippen molar-refractivity contribution in [3.8, 4) is 11.1 Å². The van der Waals surface area contributed by atoms with Gasteiger partial charge in [0.05, 0.1) is 36.8 Å². The van der Waals surface area contributed by atoms with Crippen LogP contribution in [0.1, 0.15) is 19.9 Å². The fourth-order valence-electron chi connectivity index (χ4n) is 3.84. The normalized spacial score (nSPS) is 20.1. The average molecular weight is 422 g/mol. The van der Waals surface area contributed by atoms with E-state index in [1.165, 1.54) is 4.90 Å². The van der Waals surface area contributed by atoms with Crippen LogP contribution in [-0.4, -0.2) is 66.0 Å². The zero-order valence-electron chi connectivity index (χ0n) is 16.7. The second-order valence-electron chi connectivity index (χ2n) is 7.57. The Bertz CT molecular complexity index is 916. The molecule has 2 atom stereocenters. The number of alkyl halides is 2. The Balaban J connectivity index is 1.69. The van der Waals surface area contributed by atoms with Crippen molar-refractivity contribution in [2.24, 2.45) is 0 Å². The first-order valence-electron chi connectivity index (χ1n) is 9.80. The minimum Gasteiger partial charge on any atom is -0.443 e. The average Bonchev–Trinajstić information content (AvgIpc) is 3.12. The third kappa shape index (κ3) is 3.84. The molecule has 0 radical (unpaired) electrons. The molecule has 1 aromatic heterocycles. The van der Waals surface area contributed by atoms with Crippen molar-refractivity contribution in [1.82, 2.24) is 9.78 Å². The number of anilines is 2. The van der Waals surface area contributed by atoms with Crippen LogP contribution in [0, 0.1) is 0 Å².